The van der Waals surface area contributed by atoms with Crippen LogP contribution in [0.3, 0.4) is 0 Å². The number of carboxylic acids is 1. The SMILES string of the molecule is CC(CCC(=O)O)NC(=O)c1ccc(I)c(O)c1. The Morgan fingerprint density at radius 1 is 1.44 bits per heavy atom. The van der Waals surface area contributed by atoms with Crippen molar-refractivity contribution in [3.05, 3.63) is 27.3 Å². The molecule has 0 bridgehead atoms. The van der Waals surface area contributed by atoms with Crippen LogP contribution in [0, 0.1) is 3.57 Å². The first kappa shape index (κ1) is 14.7. The van der Waals surface area contributed by atoms with E-state index in [1.807, 2.05) is 22.6 Å². The maximum atomic E-state index is 11.8. The summed E-state index contributed by atoms with van der Waals surface area (Å²) in [7, 11) is 0. The average Bonchev–Trinajstić information content (AvgIpc) is 2.30. The number of phenolic OH excluding ortho intramolecular Hbond substituents is 1. The quantitative estimate of drug-likeness (QED) is 0.699. The Kier molecular flexibility index (Phi) is 5.39. The molecule has 0 heterocycles. The van der Waals surface area contributed by atoms with Crippen LogP contribution in [-0.2, 0) is 4.79 Å². The van der Waals surface area contributed by atoms with Crippen molar-refractivity contribution in [3.8, 4) is 5.75 Å². The van der Waals surface area contributed by atoms with Gasteiger partial charge in [-0.05, 0) is 54.1 Å². The molecular formula is C12H14INO4. The third kappa shape index (κ3) is 4.52. The summed E-state index contributed by atoms with van der Waals surface area (Å²) in [6, 6.07) is 4.42. The zero-order chi connectivity index (χ0) is 13.7. The molecule has 3 N–H and O–H groups in total. The van der Waals surface area contributed by atoms with E-state index < -0.39 is 5.97 Å². The van der Waals surface area contributed by atoms with Crippen molar-refractivity contribution in [2.75, 3.05) is 0 Å². The number of rotatable bonds is 5. The third-order valence-electron chi connectivity index (χ3n) is 2.38. The molecule has 0 aliphatic rings. The number of nitrogens with one attached hydrogen (secondary N) is 1. The molecule has 6 heteroatoms. The van der Waals surface area contributed by atoms with Crippen LogP contribution in [0.2, 0.25) is 0 Å². The number of aromatic hydroxyl groups is 1. The van der Waals surface area contributed by atoms with E-state index in [9.17, 15) is 14.7 Å². The highest BCUT2D eigenvalue weighted by atomic mass is 127. The number of phenols is 1. The molecule has 0 aliphatic carbocycles. The molecule has 0 aliphatic heterocycles. The molecule has 0 fully saturated rings. The Balaban J connectivity index is 2.59. The molecule has 0 saturated heterocycles. The standard InChI is InChI=1S/C12H14INO4/c1-7(2-5-11(16)17)14-12(18)8-3-4-9(13)10(15)6-8/h3-4,6-7,15H,2,5H2,1H3,(H,14,18)(H,16,17). The van der Waals surface area contributed by atoms with E-state index in [-0.39, 0.29) is 24.1 Å². The Bertz CT molecular complexity index is 461. The minimum absolute atomic E-state index is 0.0133. The molecule has 1 aromatic rings. The lowest BCUT2D eigenvalue weighted by atomic mass is 10.1. The number of hydrogen-bond donors (Lipinski definition) is 3. The van der Waals surface area contributed by atoms with E-state index in [1.54, 1.807) is 19.1 Å². The summed E-state index contributed by atoms with van der Waals surface area (Å²) in [5, 5.41) is 20.7. The fourth-order valence-corrected chi connectivity index (χ4v) is 1.71. The Morgan fingerprint density at radius 2 is 2.11 bits per heavy atom. The fraction of sp³-hybridized carbons (Fsp3) is 0.333. The summed E-state index contributed by atoms with van der Waals surface area (Å²) < 4.78 is 0.670. The van der Waals surface area contributed by atoms with Crippen molar-refractivity contribution in [2.45, 2.75) is 25.8 Å². The number of benzene rings is 1. The number of halogens is 1. The number of carbonyl (C=O) groups is 2. The summed E-state index contributed by atoms with van der Waals surface area (Å²) in [5.41, 5.74) is 0.357. The van der Waals surface area contributed by atoms with Gasteiger partial charge in [-0.2, -0.15) is 0 Å². The number of aliphatic carboxylic acids is 1. The van der Waals surface area contributed by atoms with Gasteiger partial charge < -0.3 is 15.5 Å². The summed E-state index contributed by atoms with van der Waals surface area (Å²) in [6.45, 7) is 1.74. The van der Waals surface area contributed by atoms with Crippen molar-refractivity contribution < 1.29 is 19.8 Å². The highest BCUT2D eigenvalue weighted by Gasteiger charge is 2.12. The summed E-state index contributed by atoms with van der Waals surface area (Å²) in [5.74, 6) is -1.15. The van der Waals surface area contributed by atoms with Crippen LogP contribution in [0.4, 0.5) is 0 Å². The van der Waals surface area contributed by atoms with Gasteiger partial charge in [-0.25, -0.2) is 0 Å². The van der Waals surface area contributed by atoms with Crippen LogP contribution in [0.25, 0.3) is 0 Å². The maximum Gasteiger partial charge on any atom is 0.303 e. The van der Waals surface area contributed by atoms with E-state index in [0.29, 0.717) is 15.6 Å². The van der Waals surface area contributed by atoms with Crippen LogP contribution in [0.15, 0.2) is 18.2 Å². The lowest BCUT2D eigenvalue weighted by Crippen LogP contribution is -2.32. The summed E-state index contributed by atoms with van der Waals surface area (Å²) >= 11 is 1.96. The number of amides is 1. The van der Waals surface area contributed by atoms with Crippen molar-refractivity contribution in [3.63, 3.8) is 0 Å². The Hall–Kier alpha value is -1.31. The van der Waals surface area contributed by atoms with Crippen LogP contribution >= 0.6 is 22.6 Å². The van der Waals surface area contributed by atoms with E-state index in [0.717, 1.165) is 0 Å². The van der Waals surface area contributed by atoms with Crippen LogP contribution in [-0.4, -0.2) is 28.1 Å². The molecule has 1 unspecified atom stereocenters. The highest BCUT2D eigenvalue weighted by molar-refractivity contribution is 14.1. The molecule has 5 nitrogen and oxygen atoms in total. The van der Waals surface area contributed by atoms with Gasteiger partial charge in [0, 0.05) is 18.0 Å². The lowest BCUT2D eigenvalue weighted by molar-refractivity contribution is -0.137. The zero-order valence-corrected chi connectivity index (χ0v) is 12.0. The minimum Gasteiger partial charge on any atom is -0.507 e. The van der Waals surface area contributed by atoms with Crippen molar-refractivity contribution in [1.82, 2.24) is 5.32 Å². The average molecular weight is 363 g/mol. The fourth-order valence-electron chi connectivity index (χ4n) is 1.37. The molecule has 18 heavy (non-hydrogen) atoms. The second kappa shape index (κ2) is 6.58. The molecule has 1 atom stereocenters. The predicted molar refractivity (Wildman–Crippen MR) is 74.6 cm³/mol. The molecule has 1 amide bonds. The first-order valence-corrected chi connectivity index (χ1v) is 6.49. The van der Waals surface area contributed by atoms with Gasteiger partial charge >= 0.3 is 5.97 Å². The molecule has 0 radical (unpaired) electrons. The zero-order valence-electron chi connectivity index (χ0n) is 9.81. The van der Waals surface area contributed by atoms with Crippen molar-refractivity contribution >= 4 is 34.5 Å². The van der Waals surface area contributed by atoms with Gasteiger partial charge in [-0.3, -0.25) is 9.59 Å². The number of carboxylic acid groups (broad SMARTS) is 1. The molecule has 0 aromatic heterocycles. The van der Waals surface area contributed by atoms with Crippen molar-refractivity contribution in [1.29, 1.82) is 0 Å². The molecule has 0 saturated carbocycles. The van der Waals surface area contributed by atoms with Gasteiger partial charge in [0.25, 0.3) is 5.91 Å². The van der Waals surface area contributed by atoms with E-state index in [4.69, 9.17) is 5.11 Å². The summed E-state index contributed by atoms with van der Waals surface area (Å²) in [4.78, 5) is 22.2. The highest BCUT2D eigenvalue weighted by Crippen LogP contribution is 2.20. The van der Waals surface area contributed by atoms with E-state index in [1.165, 1.54) is 6.07 Å². The summed E-state index contributed by atoms with van der Waals surface area (Å²) in [6.07, 6.45) is 0.386. The van der Waals surface area contributed by atoms with Gasteiger partial charge in [0.05, 0.1) is 3.57 Å². The lowest BCUT2D eigenvalue weighted by Gasteiger charge is -2.13. The third-order valence-corrected chi connectivity index (χ3v) is 3.29. The topological polar surface area (TPSA) is 86.6 Å². The second-order valence-electron chi connectivity index (χ2n) is 3.97. The predicted octanol–water partition coefficient (Wildman–Crippen LogP) is 1.98. The van der Waals surface area contributed by atoms with Gasteiger partial charge in [0.2, 0.25) is 0 Å². The normalized spacial score (nSPS) is 11.9. The molecule has 0 spiro atoms. The van der Waals surface area contributed by atoms with Gasteiger partial charge in [0.1, 0.15) is 5.75 Å². The molecule has 1 rings (SSSR count). The van der Waals surface area contributed by atoms with Crippen LogP contribution in [0.5, 0.6) is 5.75 Å². The van der Waals surface area contributed by atoms with Crippen LogP contribution in [0.1, 0.15) is 30.1 Å². The number of carbonyl (C=O) groups excluding carboxylic acids is 1. The Labute approximate surface area is 118 Å². The largest absolute Gasteiger partial charge is 0.507 e. The molecule has 1 aromatic carbocycles. The van der Waals surface area contributed by atoms with Gasteiger partial charge in [-0.1, -0.05) is 0 Å². The first-order valence-electron chi connectivity index (χ1n) is 5.41. The number of hydrogen-bond acceptors (Lipinski definition) is 3. The van der Waals surface area contributed by atoms with Crippen LogP contribution < -0.4 is 5.32 Å². The second-order valence-corrected chi connectivity index (χ2v) is 5.14. The maximum absolute atomic E-state index is 11.8. The van der Waals surface area contributed by atoms with Gasteiger partial charge in [0.15, 0.2) is 0 Å². The monoisotopic (exact) mass is 363 g/mol. The van der Waals surface area contributed by atoms with E-state index >= 15 is 0 Å². The minimum atomic E-state index is -0.886. The Morgan fingerprint density at radius 3 is 2.67 bits per heavy atom. The molecular weight excluding hydrogens is 349 g/mol. The molecule has 98 valence electrons. The first-order chi connectivity index (χ1) is 8.40. The van der Waals surface area contributed by atoms with E-state index in [2.05, 4.69) is 5.32 Å². The smallest absolute Gasteiger partial charge is 0.303 e. The van der Waals surface area contributed by atoms with Crippen molar-refractivity contribution in [2.24, 2.45) is 0 Å². The van der Waals surface area contributed by atoms with Gasteiger partial charge in [-0.15, -0.1) is 0 Å².